The van der Waals surface area contributed by atoms with Gasteiger partial charge in [-0.1, -0.05) is 83.1 Å². The average molecular weight is 434 g/mol. The summed E-state index contributed by atoms with van der Waals surface area (Å²) in [4.78, 5) is 0. The van der Waals surface area contributed by atoms with Crippen molar-refractivity contribution >= 4 is 5.69 Å². The van der Waals surface area contributed by atoms with E-state index in [1.54, 1.807) is 5.56 Å². The third-order valence-electron chi connectivity index (χ3n) is 7.90. The van der Waals surface area contributed by atoms with Gasteiger partial charge >= 0.3 is 0 Å². The van der Waals surface area contributed by atoms with Gasteiger partial charge in [0.25, 0.3) is 0 Å². The van der Waals surface area contributed by atoms with Crippen LogP contribution in [0.25, 0.3) is 11.1 Å². The van der Waals surface area contributed by atoms with Crippen LogP contribution in [-0.4, -0.2) is 6.54 Å². The van der Waals surface area contributed by atoms with Gasteiger partial charge in [-0.05, 0) is 97.7 Å². The molecule has 1 aliphatic rings. The van der Waals surface area contributed by atoms with Gasteiger partial charge in [0.1, 0.15) is 0 Å². The summed E-state index contributed by atoms with van der Waals surface area (Å²) in [5.74, 6) is 0. The Hall–Kier alpha value is -1.76. The molecule has 1 nitrogen and oxygen atoms in total. The molecule has 0 aromatic heterocycles. The van der Waals surface area contributed by atoms with Crippen molar-refractivity contribution in [3.63, 3.8) is 0 Å². The lowest BCUT2D eigenvalue weighted by Gasteiger charge is -2.38. The van der Waals surface area contributed by atoms with Gasteiger partial charge in [0, 0.05) is 12.2 Å². The minimum atomic E-state index is 0.621. The van der Waals surface area contributed by atoms with Crippen LogP contribution < -0.4 is 5.32 Å². The molecule has 1 fully saturated rings. The topological polar surface area (TPSA) is 12.0 Å². The predicted octanol–water partition coefficient (Wildman–Crippen LogP) is 9.65. The van der Waals surface area contributed by atoms with E-state index < -0.39 is 0 Å². The van der Waals surface area contributed by atoms with Crippen molar-refractivity contribution in [2.75, 3.05) is 11.9 Å². The first-order valence-electron chi connectivity index (χ1n) is 13.5. The molecule has 2 aromatic carbocycles. The van der Waals surface area contributed by atoms with Gasteiger partial charge in [0.05, 0.1) is 0 Å². The highest BCUT2D eigenvalue weighted by atomic mass is 14.9. The summed E-state index contributed by atoms with van der Waals surface area (Å²) in [7, 11) is 0. The minimum absolute atomic E-state index is 0.621. The van der Waals surface area contributed by atoms with Crippen LogP contribution in [0, 0.1) is 19.3 Å². The van der Waals surface area contributed by atoms with Crippen molar-refractivity contribution in [2.45, 2.75) is 111 Å². The Morgan fingerprint density at radius 1 is 0.750 bits per heavy atom. The zero-order chi connectivity index (χ0) is 22.8. The summed E-state index contributed by atoms with van der Waals surface area (Å²) in [6, 6.07) is 14.1. The Labute approximate surface area is 198 Å². The molecule has 1 N–H and O–H groups in total. The molecule has 0 bridgehead atoms. The van der Waals surface area contributed by atoms with E-state index in [9.17, 15) is 0 Å². The van der Waals surface area contributed by atoms with Crippen LogP contribution in [0.5, 0.6) is 0 Å². The van der Waals surface area contributed by atoms with E-state index in [4.69, 9.17) is 0 Å². The van der Waals surface area contributed by atoms with Crippen molar-refractivity contribution in [1.82, 2.24) is 0 Å². The van der Waals surface area contributed by atoms with Gasteiger partial charge in [-0.2, -0.15) is 0 Å². The fourth-order valence-electron chi connectivity index (χ4n) is 5.67. The SMILES string of the molecule is CCCCCC1(CCc2ccc(-c3ccc(NCCCC)c(C)c3)cc2C)CCCCC1. The largest absolute Gasteiger partial charge is 0.385 e. The Kier molecular flexibility index (Phi) is 9.69. The second-order valence-corrected chi connectivity index (χ2v) is 10.5. The predicted molar refractivity (Wildman–Crippen MR) is 143 cm³/mol. The van der Waals surface area contributed by atoms with E-state index in [2.05, 4.69) is 69.4 Å². The first-order chi connectivity index (χ1) is 15.6. The van der Waals surface area contributed by atoms with E-state index in [0.717, 1.165) is 6.54 Å². The lowest BCUT2D eigenvalue weighted by Crippen LogP contribution is -2.25. The van der Waals surface area contributed by atoms with Gasteiger partial charge in [0.15, 0.2) is 0 Å². The lowest BCUT2D eigenvalue weighted by molar-refractivity contribution is 0.152. The minimum Gasteiger partial charge on any atom is -0.385 e. The van der Waals surface area contributed by atoms with E-state index in [1.807, 2.05) is 0 Å². The van der Waals surface area contributed by atoms with Crippen molar-refractivity contribution < 1.29 is 0 Å². The van der Waals surface area contributed by atoms with Crippen LogP contribution in [-0.2, 0) is 6.42 Å². The fraction of sp³-hybridized carbons (Fsp3) is 0.613. The van der Waals surface area contributed by atoms with Crippen molar-refractivity contribution in [1.29, 1.82) is 0 Å². The maximum atomic E-state index is 3.58. The third kappa shape index (κ3) is 6.87. The van der Waals surface area contributed by atoms with E-state index in [0.29, 0.717) is 5.41 Å². The van der Waals surface area contributed by atoms with Crippen LogP contribution >= 0.6 is 0 Å². The smallest absolute Gasteiger partial charge is 0.0370 e. The normalized spacial score (nSPS) is 15.6. The number of benzene rings is 2. The maximum absolute atomic E-state index is 3.58. The standard InChI is InChI=1S/C31H47N/c1-5-7-10-18-31(19-11-9-12-20-31)21-17-27-13-14-28(23-25(27)3)29-15-16-30(26(4)24-29)32-22-8-6-2/h13-16,23-24,32H,5-12,17-22H2,1-4H3. The van der Waals surface area contributed by atoms with Crippen molar-refractivity contribution in [3.05, 3.63) is 53.1 Å². The van der Waals surface area contributed by atoms with Gasteiger partial charge in [0.2, 0.25) is 0 Å². The molecule has 0 atom stereocenters. The van der Waals surface area contributed by atoms with E-state index in [1.165, 1.54) is 111 Å². The van der Waals surface area contributed by atoms with Crippen LogP contribution in [0.4, 0.5) is 5.69 Å². The molecule has 0 spiro atoms. The molecular formula is C31H47N. The molecule has 0 saturated heterocycles. The highest BCUT2D eigenvalue weighted by molar-refractivity contribution is 5.69. The molecule has 176 valence electrons. The second-order valence-electron chi connectivity index (χ2n) is 10.5. The van der Waals surface area contributed by atoms with Gasteiger partial charge in [-0.15, -0.1) is 0 Å². The number of nitrogens with one attached hydrogen (secondary N) is 1. The third-order valence-corrected chi connectivity index (χ3v) is 7.90. The highest BCUT2D eigenvalue weighted by Gasteiger charge is 2.31. The van der Waals surface area contributed by atoms with E-state index >= 15 is 0 Å². The summed E-state index contributed by atoms with van der Waals surface area (Å²) in [5, 5.41) is 3.58. The number of hydrogen-bond acceptors (Lipinski definition) is 1. The first-order valence-corrected chi connectivity index (χ1v) is 13.5. The second kappa shape index (κ2) is 12.5. The molecular weight excluding hydrogens is 386 g/mol. The average Bonchev–Trinajstić information content (AvgIpc) is 2.80. The Bertz CT molecular complexity index is 828. The molecule has 1 heteroatoms. The molecule has 0 amide bonds. The number of aryl methyl sites for hydroxylation is 3. The fourth-order valence-corrected chi connectivity index (χ4v) is 5.67. The molecule has 32 heavy (non-hydrogen) atoms. The Morgan fingerprint density at radius 2 is 1.44 bits per heavy atom. The quantitative estimate of drug-likeness (QED) is 0.328. The molecule has 0 unspecified atom stereocenters. The zero-order valence-corrected chi connectivity index (χ0v) is 21.4. The summed E-state index contributed by atoms with van der Waals surface area (Å²) >= 11 is 0. The summed E-state index contributed by atoms with van der Waals surface area (Å²) in [6.45, 7) is 10.2. The van der Waals surface area contributed by atoms with Crippen molar-refractivity contribution in [3.8, 4) is 11.1 Å². The Balaban J connectivity index is 1.66. The summed E-state index contributed by atoms with van der Waals surface area (Å²) in [6.07, 6.45) is 18.0. The monoisotopic (exact) mass is 433 g/mol. The van der Waals surface area contributed by atoms with Crippen LogP contribution in [0.15, 0.2) is 36.4 Å². The number of unbranched alkanes of at least 4 members (excludes halogenated alkanes) is 3. The van der Waals surface area contributed by atoms with Gasteiger partial charge < -0.3 is 5.32 Å². The number of hydrogen-bond donors (Lipinski definition) is 1. The first kappa shape index (κ1) is 24.9. The molecule has 0 heterocycles. The lowest BCUT2D eigenvalue weighted by atomic mass is 9.67. The maximum Gasteiger partial charge on any atom is 0.0370 e. The summed E-state index contributed by atoms with van der Waals surface area (Å²) in [5.41, 5.74) is 8.94. The molecule has 0 radical (unpaired) electrons. The van der Waals surface area contributed by atoms with Gasteiger partial charge in [-0.3, -0.25) is 0 Å². The van der Waals surface area contributed by atoms with E-state index in [-0.39, 0.29) is 0 Å². The van der Waals surface area contributed by atoms with Crippen LogP contribution in [0.2, 0.25) is 0 Å². The van der Waals surface area contributed by atoms with Crippen molar-refractivity contribution in [2.24, 2.45) is 5.41 Å². The summed E-state index contributed by atoms with van der Waals surface area (Å²) < 4.78 is 0. The Morgan fingerprint density at radius 3 is 2.09 bits per heavy atom. The number of rotatable bonds is 12. The molecule has 2 aromatic rings. The number of anilines is 1. The molecule has 1 saturated carbocycles. The molecule has 3 rings (SSSR count). The molecule has 1 aliphatic carbocycles. The molecule has 0 aliphatic heterocycles. The van der Waals surface area contributed by atoms with Crippen LogP contribution in [0.1, 0.15) is 108 Å². The highest BCUT2D eigenvalue weighted by Crippen LogP contribution is 2.44. The zero-order valence-electron chi connectivity index (χ0n) is 21.4. The van der Waals surface area contributed by atoms with Crippen LogP contribution in [0.3, 0.4) is 0 Å². The van der Waals surface area contributed by atoms with Gasteiger partial charge in [-0.25, -0.2) is 0 Å².